The SMILES string of the molecule is CC1=CC(C#N)CN=C1C. The van der Waals surface area contributed by atoms with Crippen LogP contribution in [0.3, 0.4) is 0 Å². The first kappa shape index (κ1) is 7.01. The Kier molecular flexibility index (Phi) is 1.86. The van der Waals surface area contributed by atoms with Crippen molar-refractivity contribution in [1.82, 2.24) is 0 Å². The van der Waals surface area contributed by atoms with Crippen molar-refractivity contribution >= 4 is 5.71 Å². The van der Waals surface area contributed by atoms with Crippen LogP contribution in [0, 0.1) is 17.2 Å². The molecule has 1 rings (SSSR count). The van der Waals surface area contributed by atoms with Gasteiger partial charge in [-0.2, -0.15) is 5.26 Å². The van der Waals surface area contributed by atoms with E-state index < -0.39 is 0 Å². The largest absolute Gasteiger partial charge is 0.288 e. The maximum atomic E-state index is 8.53. The minimum atomic E-state index is 0.00343. The fourth-order valence-electron chi connectivity index (χ4n) is 0.913. The number of dihydropyridines is 1. The Labute approximate surface area is 60.9 Å². The van der Waals surface area contributed by atoms with Gasteiger partial charge < -0.3 is 0 Å². The second-order valence-electron chi connectivity index (χ2n) is 2.51. The van der Waals surface area contributed by atoms with Crippen LogP contribution in [0.4, 0.5) is 0 Å². The maximum absolute atomic E-state index is 8.53. The molecule has 0 saturated heterocycles. The van der Waals surface area contributed by atoms with Gasteiger partial charge in [0.05, 0.1) is 18.5 Å². The summed E-state index contributed by atoms with van der Waals surface area (Å²) >= 11 is 0. The van der Waals surface area contributed by atoms with Gasteiger partial charge in [-0.1, -0.05) is 6.08 Å². The summed E-state index contributed by atoms with van der Waals surface area (Å²) < 4.78 is 0. The van der Waals surface area contributed by atoms with Gasteiger partial charge in [0.25, 0.3) is 0 Å². The Morgan fingerprint density at radius 2 is 2.40 bits per heavy atom. The van der Waals surface area contributed by atoms with Crippen molar-refractivity contribution in [2.75, 3.05) is 6.54 Å². The van der Waals surface area contributed by atoms with Crippen LogP contribution >= 0.6 is 0 Å². The van der Waals surface area contributed by atoms with Crippen LogP contribution in [0.15, 0.2) is 16.6 Å². The summed E-state index contributed by atoms with van der Waals surface area (Å²) in [6.07, 6.45) is 1.97. The Bertz CT molecular complexity index is 230. The molecule has 0 saturated carbocycles. The lowest BCUT2D eigenvalue weighted by Crippen LogP contribution is -2.09. The molecule has 0 amide bonds. The summed E-state index contributed by atoms with van der Waals surface area (Å²) in [5.41, 5.74) is 2.20. The Morgan fingerprint density at radius 3 is 2.90 bits per heavy atom. The fraction of sp³-hybridized carbons (Fsp3) is 0.500. The first-order valence-corrected chi connectivity index (χ1v) is 3.33. The Morgan fingerprint density at radius 1 is 1.70 bits per heavy atom. The molecule has 2 nitrogen and oxygen atoms in total. The molecule has 0 aromatic carbocycles. The molecular weight excluding hydrogens is 124 g/mol. The van der Waals surface area contributed by atoms with Crippen molar-refractivity contribution in [2.24, 2.45) is 10.9 Å². The van der Waals surface area contributed by atoms with E-state index in [4.69, 9.17) is 5.26 Å². The molecular formula is C8H10N2. The topological polar surface area (TPSA) is 36.1 Å². The zero-order chi connectivity index (χ0) is 7.56. The van der Waals surface area contributed by atoms with Crippen molar-refractivity contribution in [1.29, 1.82) is 5.26 Å². The normalized spacial score (nSPS) is 24.7. The molecule has 1 atom stereocenters. The van der Waals surface area contributed by atoms with Gasteiger partial charge in [-0.3, -0.25) is 4.99 Å². The molecule has 0 spiro atoms. The van der Waals surface area contributed by atoms with Gasteiger partial charge in [0, 0.05) is 5.71 Å². The average Bonchev–Trinajstić information content (AvgIpc) is 1.95. The first-order valence-electron chi connectivity index (χ1n) is 3.33. The molecule has 0 fully saturated rings. The lowest BCUT2D eigenvalue weighted by Gasteiger charge is -2.10. The summed E-state index contributed by atoms with van der Waals surface area (Å²) in [5, 5.41) is 8.53. The van der Waals surface area contributed by atoms with E-state index in [-0.39, 0.29) is 5.92 Å². The molecule has 1 aliphatic rings. The highest BCUT2D eigenvalue weighted by atomic mass is 14.7. The van der Waals surface area contributed by atoms with Crippen LogP contribution in [-0.2, 0) is 0 Å². The maximum Gasteiger partial charge on any atom is 0.0845 e. The molecule has 0 bridgehead atoms. The summed E-state index contributed by atoms with van der Waals surface area (Å²) in [7, 11) is 0. The van der Waals surface area contributed by atoms with E-state index in [9.17, 15) is 0 Å². The van der Waals surface area contributed by atoms with E-state index in [2.05, 4.69) is 11.1 Å². The third-order valence-electron chi connectivity index (χ3n) is 1.71. The van der Waals surface area contributed by atoms with Gasteiger partial charge in [0.15, 0.2) is 0 Å². The van der Waals surface area contributed by atoms with Crippen LogP contribution < -0.4 is 0 Å². The minimum absolute atomic E-state index is 0.00343. The molecule has 2 heteroatoms. The number of rotatable bonds is 0. The van der Waals surface area contributed by atoms with E-state index in [0.717, 1.165) is 11.3 Å². The van der Waals surface area contributed by atoms with Gasteiger partial charge in [-0.25, -0.2) is 0 Å². The average molecular weight is 134 g/mol. The predicted octanol–water partition coefficient (Wildman–Crippen LogP) is 1.55. The van der Waals surface area contributed by atoms with Gasteiger partial charge in [-0.05, 0) is 19.4 Å². The van der Waals surface area contributed by atoms with Crippen molar-refractivity contribution in [3.8, 4) is 6.07 Å². The van der Waals surface area contributed by atoms with Gasteiger partial charge >= 0.3 is 0 Å². The van der Waals surface area contributed by atoms with Crippen molar-refractivity contribution in [2.45, 2.75) is 13.8 Å². The number of nitriles is 1. The van der Waals surface area contributed by atoms with Crippen molar-refractivity contribution in [3.05, 3.63) is 11.6 Å². The minimum Gasteiger partial charge on any atom is -0.288 e. The van der Waals surface area contributed by atoms with Crippen LogP contribution in [-0.4, -0.2) is 12.3 Å². The predicted molar refractivity (Wildman–Crippen MR) is 40.8 cm³/mol. The number of nitrogens with zero attached hydrogens (tertiary/aromatic N) is 2. The number of aliphatic imine (C=N–C) groups is 1. The molecule has 1 heterocycles. The number of hydrogen-bond acceptors (Lipinski definition) is 2. The number of allylic oxidation sites excluding steroid dienone is 1. The van der Waals surface area contributed by atoms with E-state index in [1.165, 1.54) is 0 Å². The van der Waals surface area contributed by atoms with Crippen LogP contribution in [0.5, 0.6) is 0 Å². The zero-order valence-electron chi connectivity index (χ0n) is 6.26. The molecule has 0 aliphatic carbocycles. The Balaban J connectivity index is 2.78. The van der Waals surface area contributed by atoms with Crippen molar-refractivity contribution < 1.29 is 0 Å². The zero-order valence-corrected chi connectivity index (χ0v) is 6.26. The summed E-state index contributed by atoms with van der Waals surface area (Å²) in [4.78, 5) is 4.19. The second kappa shape index (κ2) is 2.66. The molecule has 0 aromatic rings. The molecule has 0 N–H and O–H groups in total. The highest BCUT2D eigenvalue weighted by molar-refractivity contribution is 5.98. The second-order valence-corrected chi connectivity index (χ2v) is 2.51. The van der Waals surface area contributed by atoms with E-state index in [0.29, 0.717) is 6.54 Å². The standard InChI is InChI=1S/C8H10N2/c1-6-3-8(4-9)5-10-7(6)2/h3,8H,5H2,1-2H3. The van der Waals surface area contributed by atoms with Gasteiger partial charge in [0.1, 0.15) is 0 Å². The quantitative estimate of drug-likeness (QED) is 0.495. The summed E-state index contributed by atoms with van der Waals surface area (Å²) in [6.45, 7) is 4.60. The highest BCUT2D eigenvalue weighted by Crippen LogP contribution is 2.10. The molecule has 0 aromatic heterocycles. The smallest absolute Gasteiger partial charge is 0.0845 e. The van der Waals surface area contributed by atoms with E-state index in [1.54, 1.807) is 0 Å². The van der Waals surface area contributed by atoms with E-state index in [1.807, 2.05) is 19.9 Å². The third-order valence-corrected chi connectivity index (χ3v) is 1.71. The fourth-order valence-corrected chi connectivity index (χ4v) is 0.913. The van der Waals surface area contributed by atoms with Crippen LogP contribution in [0.1, 0.15) is 13.8 Å². The lowest BCUT2D eigenvalue weighted by atomic mass is 10.0. The Hall–Kier alpha value is -1.10. The third kappa shape index (κ3) is 1.24. The molecule has 52 valence electrons. The molecule has 1 unspecified atom stereocenters. The highest BCUT2D eigenvalue weighted by Gasteiger charge is 2.09. The van der Waals surface area contributed by atoms with Gasteiger partial charge in [-0.15, -0.1) is 0 Å². The van der Waals surface area contributed by atoms with Crippen LogP contribution in [0.25, 0.3) is 0 Å². The summed E-state index contributed by atoms with van der Waals surface area (Å²) in [5.74, 6) is 0.00343. The van der Waals surface area contributed by atoms with Crippen molar-refractivity contribution in [3.63, 3.8) is 0 Å². The summed E-state index contributed by atoms with van der Waals surface area (Å²) in [6, 6.07) is 2.17. The molecule has 1 aliphatic heterocycles. The monoisotopic (exact) mass is 134 g/mol. The van der Waals surface area contributed by atoms with Gasteiger partial charge in [0.2, 0.25) is 0 Å². The molecule has 0 radical (unpaired) electrons. The first-order chi connectivity index (χ1) is 4.74. The van der Waals surface area contributed by atoms with Crippen LogP contribution in [0.2, 0.25) is 0 Å². The molecule has 10 heavy (non-hydrogen) atoms. The number of hydrogen-bond donors (Lipinski definition) is 0. The lowest BCUT2D eigenvalue weighted by molar-refractivity contribution is 0.816. The van der Waals surface area contributed by atoms with E-state index >= 15 is 0 Å².